The van der Waals surface area contributed by atoms with Crippen LogP contribution in [0.25, 0.3) is 20.8 Å². The molecule has 4 aromatic rings. The van der Waals surface area contributed by atoms with Gasteiger partial charge >= 0.3 is 0 Å². The molecule has 0 atom stereocenters. The molecular weight excluding hydrogens is 452 g/mol. The maximum atomic E-state index is 12.5. The molecule has 1 aliphatic rings. The van der Waals surface area contributed by atoms with E-state index in [9.17, 15) is 4.79 Å². The van der Waals surface area contributed by atoms with E-state index in [1.165, 1.54) is 37.7 Å². The Hall–Kier alpha value is -2.89. The van der Waals surface area contributed by atoms with E-state index in [1.54, 1.807) is 17.4 Å². The van der Waals surface area contributed by atoms with Crippen LogP contribution in [0.2, 0.25) is 5.02 Å². The molecule has 168 valence electrons. The van der Waals surface area contributed by atoms with Crippen molar-refractivity contribution in [1.82, 2.24) is 4.98 Å². The maximum absolute atomic E-state index is 12.5. The van der Waals surface area contributed by atoms with E-state index in [-0.39, 0.29) is 12.5 Å². The lowest BCUT2D eigenvalue weighted by molar-refractivity contribution is -0.118. The molecule has 5 rings (SSSR count). The highest BCUT2D eigenvalue weighted by Crippen LogP contribution is 2.34. The van der Waals surface area contributed by atoms with Crippen LogP contribution in [0.1, 0.15) is 43.6 Å². The molecule has 0 spiro atoms. The van der Waals surface area contributed by atoms with Crippen molar-refractivity contribution in [1.29, 1.82) is 0 Å². The predicted octanol–water partition coefficient (Wildman–Crippen LogP) is 7.68. The number of fused-ring (bicyclic) bond motifs is 1. The van der Waals surface area contributed by atoms with Crippen LogP contribution in [0.3, 0.4) is 0 Å². The number of benzene rings is 3. The summed E-state index contributed by atoms with van der Waals surface area (Å²) in [6.07, 6.45) is 6.50. The van der Waals surface area contributed by atoms with E-state index in [2.05, 4.69) is 22.4 Å². The smallest absolute Gasteiger partial charge is 0.262 e. The molecular formula is C27H25ClN2O2S. The second-order valence-electron chi connectivity index (χ2n) is 8.42. The molecule has 0 aliphatic heterocycles. The summed E-state index contributed by atoms with van der Waals surface area (Å²) in [5, 5.41) is 4.23. The minimum atomic E-state index is -0.255. The zero-order valence-electron chi connectivity index (χ0n) is 18.2. The quantitative estimate of drug-likeness (QED) is 0.310. The van der Waals surface area contributed by atoms with E-state index >= 15 is 0 Å². The van der Waals surface area contributed by atoms with Gasteiger partial charge in [0, 0.05) is 5.56 Å². The van der Waals surface area contributed by atoms with E-state index in [0.29, 0.717) is 22.4 Å². The third-order valence-corrected chi connectivity index (χ3v) is 7.52. The lowest BCUT2D eigenvalue weighted by atomic mass is 9.84. The number of hydrogen-bond donors (Lipinski definition) is 1. The van der Waals surface area contributed by atoms with Gasteiger partial charge in [0.1, 0.15) is 10.8 Å². The molecule has 0 unspecified atom stereocenters. The summed E-state index contributed by atoms with van der Waals surface area (Å²) in [6, 6.07) is 21.7. The second-order valence-corrected chi connectivity index (χ2v) is 9.86. The molecule has 3 aromatic carbocycles. The van der Waals surface area contributed by atoms with Gasteiger partial charge in [-0.1, -0.05) is 61.2 Å². The number of rotatable bonds is 6. The largest absolute Gasteiger partial charge is 0.484 e. The Morgan fingerprint density at radius 2 is 1.82 bits per heavy atom. The highest BCUT2D eigenvalue weighted by molar-refractivity contribution is 7.21. The first-order chi connectivity index (χ1) is 16.2. The Kier molecular flexibility index (Phi) is 6.60. The van der Waals surface area contributed by atoms with Gasteiger partial charge in [-0.05, 0) is 60.7 Å². The predicted molar refractivity (Wildman–Crippen MR) is 136 cm³/mol. The van der Waals surface area contributed by atoms with Crippen molar-refractivity contribution in [2.75, 3.05) is 11.9 Å². The van der Waals surface area contributed by atoms with Crippen LogP contribution >= 0.6 is 22.9 Å². The molecule has 1 aromatic heterocycles. The zero-order valence-corrected chi connectivity index (χ0v) is 19.8. The van der Waals surface area contributed by atoms with Crippen LogP contribution < -0.4 is 10.1 Å². The SMILES string of the molecule is O=C(COc1ccc(C2CCCCC2)cc1)Nc1cc(-c2nc3ccccc3s2)ccc1Cl. The van der Waals surface area contributed by atoms with E-state index < -0.39 is 0 Å². The van der Waals surface area contributed by atoms with E-state index in [4.69, 9.17) is 16.3 Å². The average Bonchev–Trinajstić information content (AvgIpc) is 3.29. The highest BCUT2D eigenvalue weighted by atomic mass is 35.5. The summed E-state index contributed by atoms with van der Waals surface area (Å²) >= 11 is 7.95. The van der Waals surface area contributed by atoms with E-state index in [1.807, 2.05) is 48.5 Å². The van der Waals surface area contributed by atoms with Gasteiger partial charge in [0.15, 0.2) is 6.61 Å². The Morgan fingerprint density at radius 1 is 1.03 bits per heavy atom. The van der Waals surface area contributed by atoms with Gasteiger partial charge in [-0.15, -0.1) is 11.3 Å². The number of nitrogens with zero attached hydrogens (tertiary/aromatic N) is 1. The lowest BCUT2D eigenvalue weighted by Crippen LogP contribution is -2.20. The first-order valence-electron chi connectivity index (χ1n) is 11.3. The summed E-state index contributed by atoms with van der Waals surface area (Å²) in [5.74, 6) is 1.09. The Balaban J connectivity index is 1.22. The van der Waals surface area contributed by atoms with Crippen LogP contribution in [0, 0.1) is 0 Å². The average molecular weight is 477 g/mol. The molecule has 0 bridgehead atoms. The highest BCUT2D eigenvalue weighted by Gasteiger charge is 2.16. The van der Waals surface area contributed by atoms with Gasteiger partial charge in [0.05, 0.1) is 20.9 Å². The summed E-state index contributed by atoms with van der Waals surface area (Å²) in [4.78, 5) is 17.2. The third-order valence-electron chi connectivity index (χ3n) is 6.11. The van der Waals surface area contributed by atoms with Crippen molar-refractivity contribution in [3.63, 3.8) is 0 Å². The number of carbonyl (C=O) groups is 1. The molecule has 6 heteroatoms. The summed E-state index contributed by atoms with van der Waals surface area (Å²) in [5.41, 5.74) is 3.79. The molecule has 1 saturated carbocycles. The monoisotopic (exact) mass is 476 g/mol. The second kappa shape index (κ2) is 9.94. The number of hydrogen-bond acceptors (Lipinski definition) is 4. The molecule has 1 aliphatic carbocycles. The van der Waals surface area contributed by atoms with Gasteiger partial charge in [0.25, 0.3) is 5.91 Å². The van der Waals surface area contributed by atoms with Gasteiger partial charge in [-0.2, -0.15) is 0 Å². The molecule has 1 fully saturated rings. The zero-order chi connectivity index (χ0) is 22.6. The fourth-order valence-corrected chi connectivity index (χ4v) is 5.48. The van der Waals surface area contributed by atoms with Crippen molar-refractivity contribution in [2.45, 2.75) is 38.0 Å². The number of amides is 1. The number of para-hydroxylation sites is 1. The van der Waals surface area contributed by atoms with Crippen molar-refractivity contribution < 1.29 is 9.53 Å². The molecule has 4 nitrogen and oxygen atoms in total. The normalized spacial score (nSPS) is 14.3. The van der Waals surface area contributed by atoms with E-state index in [0.717, 1.165) is 20.8 Å². The van der Waals surface area contributed by atoms with Crippen LogP contribution in [-0.2, 0) is 4.79 Å². The number of halogens is 1. The van der Waals surface area contributed by atoms with Gasteiger partial charge in [0.2, 0.25) is 0 Å². The minimum absolute atomic E-state index is 0.0789. The molecule has 1 N–H and O–H groups in total. The fourth-order valence-electron chi connectivity index (χ4n) is 4.36. The number of ether oxygens (including phenoxy) is 1. The standard InChI is InChI=1S/C27H25ClN2O2S/c28-22-15-12-20(27-30-23-8-4-5-9-25(23)33-27)16-24(22)29-26(31)17-32-21-13-10-19(11-14-21)18-6-2-1-3-7-18/h4-5,8-16,18H,1-3,6-7,17H2,(H,29,31). The van der Waals surface area contributed by atoms with Crippen molar-refractivity contribution >= 4 is 44.7 Å². The maximum Gasteiger partial charge on any atom is 0.262 e. The van der Waals surface area contributed by atoms with Crippen molar-refractivity contribution in [3.8, 4) is 16.3 Å². The van der Waals surface area contributed by atoms with Crippen LogP contribution in [-0.4, -0.2) is 17.5 Å². The Bertz CT molecular complexity index is 1230. The van der Waals surface area contributed by atoms with Crippen molar-refractivity contribution in [3.05, 3.63) is 77.3 Å². The van der Waals surface area contributed by atoms with Crippen LogP contribution in [0.5, 0.6) is 5.75 Å². The van der Waals surface area contributed by atoms with Crippen LogP contribution in [0.15, 0.2) is 66.7 Å². The minimum Gasteiger partial charge on any atom is -0.484 e. The van der Waals surface area contributed by atoms with Gasteiger partial charge < -0.3 is 10.1 Å². The summed E-state index contributed by atoms with van der Waals surface area (Å²) in [6.45, 7) is -0.0789. The molecule has 0 saturated heterocycles. The fraction of sp³-hybridized carbons (Fsp3) is 0.259. The Morgan fingerprint density at radius 3 is 2.61 bits per heavy atom. The number of thiazole rings is 1. The first-order valence-corrected chi connectivity index (χ1v) is 12.5. The number of aromatic nitrogens is 1. The van der Waals surface area contributed by atoms with Gasteiger partial charge in [-0.3, -0.25) is 4.79 Å². The van der Waals surface area contributed by atoms with Crippen molar-refractivity contribution in [2.24, 2.45) is 0 Å². The Labute approximate surface area is 202 Å². The first kappa shape index (κ1) is 21.9. The topological polar surface area (TPSA) is 51.2 Å². The molecule has 1 heterocycles. The van der Waals surface area contributed by atoms with Gasteiger partial charge in [-0.25, -0.2) is 4.98 Å². The molecule has 0 radical (unpaired) electrons. The third kappa shape index (κ3) is 5.21. The number of nitrogens with one attached hydrogen (secondary N) is 1. The molecule has 33 heavy (non-hydrogen) atoms. The lowest BCUT2D eigenvalue weighted by Gasteiger charge is -2.22. The van der Waals surface area contributed by atoms with Crippen LogP contribution in [0.4, 0.5) is 5.69 Å². The number of carbonyl (C=O) groups excluding carboxylic acids is 1. The summed E-state index contributed by atoms with van der Waals surface area (Å²) < 4.78 is 6.83. The number of anilines is 1. The summed E-state index contributed by atoms with van der Waals surface area (Å²) in [7, 11) is 0. The molecule has 1 amide bonds.